The van der Waals surface area contributed by atoms with Crippen molar-refractivity contribution in [2.45, 2.75) is 50.9 Å². The molecule has 7 nitrogen and oxygen atoms in total. The van der Waals surface area contributed by atoms with Crippen molar-refractivity contribution < 1.29 is 22.7 Å². The number of fused-ring (bicyclic) bond motifs is 2. The van der Waals surface area contributed by atoms with Crippen molar-refractivity contribution >= 4 is 28.1 Å². The maximum absolute atomic E-state index is 14.0. The molecule has 2 N–H and O–H groups in total. The predicted octanol–water partition coefficient (Wildman–Crippen LogP) is 5.86. The largest absolute Gasteiger partial charge is 0.497 e. The van der Waals surface area contributed by atoms with E-state index < -0.39 is 24.2 Å². The molecule has 0 saturated heterocycles. The smallest absolute Gasteiger partial charge is 0.410 e. The molecule has 2 aromatic heterocycles. The molecule has 2 aliphatic rings. The standard InChI is InChI=1S/C25H24F3N5O2S/c1-13-3-8-16-17(11-29)24(36-20(16)9-13)32-23(34)18-12-30-33-21(25(26,27)28)10-19(31-22(18)33)14-4-6-15(35-2)7-5-14/h4-7,12-13,19,21,31H,3,8-10H2,1-2H3,(H,32,34). The maximum Gasteiger partial charge on any atom is 0.410 e. The fraction of sp³-hybridized carbons (Fsp3) is 0.400. The second kappa shape index (κ2) is 9.17. The van der Waals surface area contributed by atoms with Crippen molar-refractivity contribution in [1.82, 2.24) is 9.78 Å². The number of nitriles is 1. The van der Waals surface area contributed by atoms with Crippen LogP contribution >= 0.6 is 11.3 Å². The number of anilines is 2. The molecular formula is C25H24F3N5O2S. The van der Waals surface area contributed by atoms with Crippen LogP contribution in [0.15, 0.2) is 30.5 Å². The van der Waals surface area contributed by atoms with Crippen LogP contribution in [0.2, 0.25) is 0 Å². The molecule has 11 heteroatoms. The SMILES string of the molecule is COc1ccc(C2CC(C(F)(F)F)n3ncc(C(=O)Nc4sc5c(c4C#N)CCC(C)C5)c3N2)cc1. The molecule has 0 fully saturated rings. The summed E-state index contributed by atoms with van der Waals surface area (Å²) in [5.41, 5.74) is 2.03. The minimum Gasteiger partial charge on any atom is -0.497 e. The number of rotatable bonds is 4. The first-order valence-electron chi connectivity index (χ1n) is 11.6. The number of hydrogen-bond donors (Lipinski definition) is 2. The Morgan fingerprint density at radius 2 is 2.08 bits per heavy atom. The summed E-state index contributed by atoms with van der Waals surface area (Å²) in [7, 11) is 1.51. The van der Waals surface area contributed by atoms with Crippen LogP contribution in [0.3, 0.4) is 0 Å². The van der Waals surface area contributed by atoms with Crippen molar-refractivity contribution in [2.24, 2.45) is 5.92 Å². The summed E-state index contributed by atoms with van der Waals surface area (Å²) in [5.74, 6) is 0.472. The fourth-order valence-corrected chi connectivity index (χ4v) is 6.27. The van der Waals surface area contributed by atoms with Gasteiger partial charge in [-0.25, -0.2) is 4.68 Å². The normalized spacial score (nSPS) is 21.1. The van der Waals surface area contributed by atoms with Crippen molar-refractivity contribution in [3.8, 4) is 11.8 Å². The van der Waals surface area contributed by atoms with E-state index in [4.69, 9.17) is 4.74 Å². The van der Waals surface area contributed by atoms with E-state index in [2.05, 4.69) is 28.7 Å². The number of ether oxygens (including phenoxy) is 1. The van der Waals surface area contributed by atoms with Crippen LogP contribution in [0.1, 0.15) is 63.8 Å². The summed E-state index contributed by atoms with van der Waals surface area (Å²) in [5, 5.41) is 20.0. The third kappa shape index (κ3) is 4.30. The van der Waals surface area contributed by atoms with Crippen molar-refractivity contribution in [3.05, 3.63) is 57.6 Å². The number of nitrogens with one attached hydrogen (secondary N) is 2. The lowest BCUT2D eigenvalue weighted by molar-refractivity contribution is -0.173. The van der Waals surface area contributed by atoms with Gasteiger partial charge in [-0.1, -0.05) is 19.1 Å². The predicted molar refractivity (Wildman–Crippen MR) is 129 cm³/mol. The minimum absolute atomic E-state index is 0.00431. The van der Waals surface area contributed by atoms with Gasteiger partial charge in [0.15, 0.2) is 6.04 Å². The zero-order valence-electron chi connectivity index (χ0n) is 19.6. The Labute approximate surface area is 209 Å². The van der Waals surface area contributed by atoms with Gasteiger partial charge in [-0.3, -0.25) is 4.79 Å². The number of carbonyl (C=O) groups is 1. The molecule has 0 radical (unpaired) electrons. The highest BCUT2D eigenvalue weighted by atomic mass is 32.1. The Bertz CT molecular complexity index is 1340. The van der Waals surface area contributed by atoms with E-state index in [1.807, 2.05) is 0 Å². The van der Waals surface area contributed by atoms with Gasteiger partial charge in [-0.05, 0) is 48.4 Å². The lowest BCUT2D eigenvalue weighted by Crippen LogP contribution is -2.36. The summed E-state index contributed by atoms with van der Waals surface area (Å²) >= 11 is 1.37. The third-order valence-corrected chi connectivity index (χ3v) is 8.02. The molecule has 1 aromatic carbocycles. The molecule has 36 heavy (non-hydrogen) atoms. The van der Waals surface area contributed by atoms with Gasteiger partial charge >= 0.3 is 6.18 Å². The van der Waals surface area contributed by atoms with E-state index in [-0.39, 0.29) is 17.8 Å². The summed E-state index contributed by atoms with van der Waals surface area (Å²) in [4.78, 5) is 14.3. The van der Waals surface area contributed by atoms with Gasteiger partial charge in [-0.2, -0.15) is 23.5 Å². The quantitative estimate of drug-likeness (QED) is 0.454. The van der Waals surface area contributed by atoms with Crippen LogP contribution in [0, 0.1) is 17.2 Å². The number of benzene rings is 1. The molecule has 5 rings (SSSR count). The number of aromatic nitrogens is 2. The molecule has 3 heterocycles. The fourth-order valence-electron chi connectivity index (χ4n) is 4.91. The van der Waals surface area contributed by atoms with E-state index in [9.17, 15) is 23.2 Å². The summed E-state index contributed by atoms with van der Waals surface area (Å²) in [6, 6.07) is 6.38. The number of thiophene rings is 1. The highest BCUT2D eigenvalue weighted by Gasteiger charge is 2.47. The van der Waals surface area contributed by atoms with Gasteiger partial charge in [0.25, 0.3) is 5.91 Å². The van der Waals surface area contributed by atoms with E-state index in [1.54, 1.807) is 24.3 Å². The molecule has 188 valence electrons. The molecule has 0 saturated carbocycles. The first-order valence-corrected chi connectivity index (χ1v) is 12.4. The average Bonchev–Trinajstić information content (AvgIpc) is 3.43. The van der Waals surface area contributed by atoms with Crippen LogP contribution in [0.5, 0.6) is 5.75 Å². The molecule has 1 aliphatic heterocycles. The molecule has 3 unspecified atom stereocenters. The Balaban J connectivity index is 1.47. The number of carbonyl (C=O) groups excluding carboxylic acids is 1. The van der Waals surface area contributed by atoms with Crippen molar-refractivity contribution in [1.29, 1.82) is 5.26 Å². The first-order chi connectivity index (χ1) is 17.2. The highest BCUT2D eigenvalue weighted by molar-refractivity contribution is 7.16. The van der Waals surface area contributed by atoms with Gasteiger partial charge in [0.2, 0.25) is 0 Å². The zero-order chi connectivity index (χ0) is 25.6. The third-order valence-electron chi connectivity index (χ3n) is 6.85. The molecule has 1 aliphatic carbocycles. The van der Waals surface area contributed by atoms with Gasteiger partial charge < -0.3 is 15.4 Å². The van der Waals surface area contributed by atoms with Crippen LogP contribution in [0.25, 0.3) is 0 Å². The topological polar surface area (TPSA) is 92.0 Å². The van der Waals surface area contributed by atoms with Crippen LogP contribution in [-0.2, 0) is 12.8 Å². The second-order valence-corrected chi connectivity index (χ2v) is 10.3. The van der Waals surface area contributed by atoms with Gasteiger partial charge in [0.05, 0.1) is 24.9 Å². The molecule has 0 spiro atoms. The Morgan fingerprint density at radius 3 is 2.75 bits per heavy atom. The lowest BCUT2D eigenvalue weighted by Gasteiger charge is -2.34. The van der Waals surface area contributed by atoms with Gasteiger partial charge in [-0.15, -0.1) is 11.3 Å². The molecule has 0 bridgehead atoms. The van der Waals surface area contributed by atoms with Crippen molar-refractivity contribution in [2.75, 3.05) is 17.7 Å². The van der Waals surface area contributed by atoms with Gasteiger partial charge in [0, 0.05) is 11.3 Å². The number of hydrogen-bond acceptors (Lipinski definition) is 6. The number of methoxy groups -OCH3 is 1. The van der Waals surface area contributed by atoms with Gasteiger partial charge in [0.1, 0.15) is 28.2 Å². The number of halogens is 3. The summed E-state index contributed by atoms with van der Waals surface area (Å²) in [6.45, 7) is 2.15. The van der Waals surface area contributed by atoms with E-state index in [0.29, 0.717) is 27.8 Å². The maximum atomic E-state index is 14.0. The van der Waals surface area contributed by atoms with E-state index in [1.165, 1.54) is 18.4 Å². The number of alkyl halides is 3. The Kier molecular flexibility index (Phi) is 6.16. The summed E-state index contributed by atoms with van der Waals surface area (Å²) < 4.78 is 48.0. The van der Waals surface area contributed by atoms with Crippen LogP contribution in [0.4, 0.5) is 24.0 Å². The van der Waals surface area contributed by atoms with E-state index in [0.717, 1.165) is 40.6 Å². The molecule has 3 aromatic rings. The van der Waals surface area contributed by atoms with E-state index >= 15 is 0 Å². The Morgan fingerprint density at radius 1 is 1.33 bits per heavy atom. The summed E-state index contributed by atoms with van der Waals surface area (Å²) in [6.07, 6.45) is -1.11. The monoisotopic (exact) mass is 515 g/mol. The molecule has 3 atom stereocenters. The number of nitrogens with zero attached hydrogens (tertiary/aromatic N) is 3. The average molecular weight is 516 g/mol. The lowest BCUT2D eigenvalue weighted by atomic mass is 9.88. The highest BCUT2D eigenvalue weighted by Crippen LogP contribution is 2.45. The number of amides is 1. The first kappa shape index (κ1) is 24.2. The second-order valence-electron chi connectivity index (χ2n) is 9.24. The van der Waals surface area contributed by atoms with Crippen LogP contribution < -0.4 is 15.4 Å². The Hall–Kier alpha value is -3.52. The zero-order valence-corrected chi connectivity index (χ0v) is 20.5. The van der Waals surface area contributed by atoms with Crippen LogP contribution in [-0.4, -0.2) is 29.0 Å². The molecule has 1 amide bonds. The molecular weight excluding hydrogens is 491 g/mol. The minimum atomic E-state index is -4.56. The van der Waals surface area contributed by atoms with Crippen molar-refractivity contribution in [3.63, 3.8) is 0 Å².